The van der Waals surface area contributed by atoms with Gasteiger partial charge >= 0.3 is 6.03 Å². The molecule has 6 rings (SSSR count). The molecule has 0 spiro atoms. The summed E-state index contributed by atoms with van der Waals surface area (Å²) in [6.45, 7) is 1.73. The first-order valence-electron chi connectivity index (χ1n) is 19.2. The Morgan fingerprint density at radius 1 is 0.321 bits per heavy atom. The molecule has 284 valence electrons. The maximum Gasteiger partial charge on any atom is 0.314 e. The van der Waals surface area contributed by atoms with E-state index in [2.05, 4.69) is 94.1 Å². The third kappa shape index (κ3) is 9.97. The van der Waals surface area contributed by atoms with Crippen molar-refractivity contribution >= 4 is 64.2 Å². The van der Waals surface area contributed by atoms with Crippen molar-refractivity contribution < 1.29 is 14.4 Å². The molecule has 0 aliphatic carbocycles. The number of nitrogens with one attached hydrogen (secondary N) is 4. The van der Waals surface area contributed by atoms with Crippen LogP contribution in [0.4, 0.5) is 4.79 Å². The van der Waals surface area contributed by atoms with Crippen LogP contribution < -0.4 is 53.1 Å². The molecular weight excluding hydrogens is 730 g/mol. The van der Waals surface area contributed by atoms with Gasteiger partial charge in [0.25, 0.3) is 11.8 Å². The van der Waals surface area contributed by atoms with E-state index in [0.29, 0.717) is 51.3 Å². The highest BCUT2D eigenvalue weighted by Crippen LogP contribution is 2.56. The molecule has 0 bridgehead atoms. The van der Waals surface area contributed by atoms with Gasteiger partial charge in [0.05, 0.1) is 0 Å². The maximum atomic E-state index is 13.6. The summed E-state index contributed by atoms with van der Waals surface area (Å²) in [6, 6.07) is 61.8. The van der Waals surface area contributed by atoms with Gasteiger partial charge in [-0.2, -0.15) is 0 Å². The first-order valence-corrected chi connectivity index (χ1v) is 23.1. The third-order valence-corrected chi connectivity index (χ3v) is 18.5. The molecule has 6 aromatic rings. The minimum absolute atomic E-state index is 0.0166. The van der Waals surface area contributed by atoms with Gasteiger partial charge in [0, 0.05) is 26.2 Å². The van der Waals surface area contributed by atoms with Crippen LogP contribution in [0, 0.1) is 0 Å². The first-order chi connectivity index (χ1) is 27.5. The molecule has 4 amide bonds. The molecule has 56 heavy (non-hydrogen) atoms. The molecule has 0 aromatic heterocycles. The van der Waals surface area contributed by atoms with Gasteiger partial charge in [0.15, 0.2) is 12.3 Å². The van der Waals surface area contributed by atoms with Crippen LogP contribution in [0.1, 0.15) is 12.8 Å². The van der Waals surface area contributed by atoms with Gasteiger partial charge in [-0.05, 0) is 85.6 Å². The number of amides is 4. The average Bonchev–Trinajstić information content (AvgIpc) is 3.26. The van der Waals surface area contributed by atoms with Crippen molar-refractivity contribution in [1.29, 1.82) is 0 Å². The van der Waals surface area contributed by atoms with Crippen molar-refractivity contribution in [2.75, 3.05) is 38.5 Å². The summed E-state index contributed by atoms with van der Waals surface area (Å²) in [4.78, 5) is 39.8. The van der Waals surface area contributed by atoms with E-state index in [0.717, 1.165) is 31.8 Å². The molecule has 0 saturated carbocycles. The summed E-state index contributed by atoms with van der Waals surface area (Å²) in [5.41, 5.74) is 0. The van der Waals surface area contributed by atoms with E-state index in [-0.39, 0.29) is 17.8 Å². The van der Waals surface area contributed by atoms with Crippen molar-refractivity contribution in [2.45, 2.75) is 12.8 Å². The first kappa shape index (κ1) is 40.1. The molecule has 7 nitrogen and oxygen atoms in total. The van der Waals surface area contributed by atoms with Gasteiger partial charge in [-0.25, -0.2) is 4.79 Å². The maximum absolute atomic E-state index is 13.6. The van der Waals surface area contributed by atoms with E-state index in [9.17, 15) is 14.4 Å². The number of carbonyl (C=O) groups excluding carboxylic acids is 3. The van der Waals surface area contributed by atoms with Crippen LogP contribution in [0.15, 0.2) is 182 Å². The number of benzene rings is 6. The zero-order valence-corrected chi connectivity index (χ0v) is 33.4. The quantitative estimate of drug-likeness (QED) is 0.0706. The standard InChI is InChI=1S/C47H48N4O3P2/c52-45(37-55(39-21-7-1-8-22-39,40-23-9-2-10-24-40)41-25-11-3-12-26-41)48-33-19-35-50-47(54)51-36-20-34-49-46(53)38-56(42-27-13-4-14-28-42,43-29-15-5-16-30-43)44-31-17-6-18-32-44/h1-18,21-32H,19-20,33-38H2,(H2-2,48,49,50,51,52,53,54)/p+2. The second kappa shape index (κ2) is 20.3. The van der Waals surface area contributed by atoms with E-state index < -0.39 is 14.5 Å². The zero-order chi connectivity index (χ0) is 38.9. The molecule has 9 heteroatoms. The highest BCUT2D eigenvalue weighted by Gasteiger charge is 2.48. The van der Waals surface area contributed by atoms with Crippen LogP contribution in [0.25, 0.3) is 0 Å². The monoisotopic (exact) mass is 780 g/mol. The number of carbonyl (C=O) groups is 3. The number of hydrogen-bond donors (Lipinski definition) is 4. The van der Waals surface area contributed by atoms with Crippen molar-refractivity contribution in [3.8, 4) is 0 Å². The van der Waals surface area contributed by atoms with Crippen molar-refractivity contribution in [1.82, 2.24) is 21.3 Å². The summed E-state index contributed by atoms with van der Waals surface area (Å²) >= 11 is 0. The molecule has 0 aliphatic rings. The van der Waals surface area contributed by atoms with Crippen molar-refractivity contribution in [2.24, 2.45) is 0 Å². The largest absolute Gasteiger partial charge is 0.353 e. The number of urea groups is 1. The Morgan fingerprint density at radius 2 is 0.536 bits per heavy atom. The molecule has 0 unspecified atom stereocenters. The lowest BCUT2D eigenvalue weighted by atomic mass is 10.4. The van der Waals surface area contributed by atoms with Gasteiger partial charge in [0.2, 0.25) is 0 Å². The Hall–Kier alpha value is -5.61. The molecule has 4 N–H and O–H groups in total. The topological polar surface area (TPSA) is 99.3 Å². The molecule has 6 aromatic carbocycles. The van der Waals surface area contributed by atoms with Crippen LogP contribution >= 0.6 is 14.5 Å². The Morgan fingerprint density at radius 3 is 0.768 bits per heavy atom. The Balaban J connectivity index is 0.957. The number of rotatable bonds is 18. The summed E-state index contributed by atoms with van der Waals surface area (Å²) in [5, 5.41) is 19.0. The Labute approximate surface area is 332 Å². The Bertz CT molecular complexity index is 1760. The molecule has 0 saturated heterocycles. The molecule has 0 aliphatic heterocycles. The fraction of sp³-hybridized carbons (Fsp3) is 0.170. The minimum atomic E-state index is -2.28. The molecular formula is C47H50N4O3P2+2. The van der Waals surface area contributed by atoms with E-state index in [1.165, 1.54) is 0 Å². The van der Waals surface area contributed by atoms with Crippen molar-refractivity contribution in [3.05, 3.63) is 182 Å². The van der Waals surface area contributed by atoms with E-state index in [1.54, 1.807) is 0 Å². The van der Waals surface area contributed by atoms with Gasteiger partial charge in [-0.1, -0.05) is 109 Å². The third-order valence-electron chi connectivity index (χ3n) is 9.87. The van der Waals surface area contributed by atoms with Gasteiger partial charge in [0.1, 0.15) is 46.4 Å². The zero-order valence-electron chi connectivity index (χ0n) is 31.6. The number of hydrogen-bond acceptors (Lipinski definition) is 3. The summed E-state index contributed by atoms with van der Waals surface area (Å²) in [7, 11) is -4.55. The summed E-state index contributed by atoms with van der Waals surface area (Å²) in [6.07, 6.45) is 1.89. The van der Waals surface area contributed by atoms with Crippen LogP contribution in [0.3, 0.4) is 0 Å². The fourth-order valence-corrected chi connectivity index (χ4v) is 15.2. The summed E-state index contributed by atoms with van der Waals surface area (Å²) < 4.78 is 0. The van der Waals surface area contributed by atoms with E-state index in [4.69, 9.17) is 0 Å². The molecule has 0 fully saturated rings. The highest BCUT2D eigenvalue weighted by atomic mass is 31.2. The van der Waals surface area contributed by atoms with Crippen LogP contribution in [-0.2, 0) is 9.59 Å². The normalized spacial score (nSPS) is 11.3. The van der Waals surface area contributed by atoms with Crippen molar-refractivity contribution in [3.63, 3.8) is 0 Å². The van der Waals surface area contributed by atoms with Crippen LogP contribution in [0.5, 0.6) is 0 Å². The lowest BCUT2D eigenvalue weighted by Gasteiger charge is -2.27. The van der Waals surface area contributed by atoms with E-state index in [1.807, 2.05) is 109 Å². The van der Waals surface area contributed by atoms with Gasteiger partial charge in [-0.3, -0.25) is 9.59 Å². The summed E-state index contributed by atoms with van der Waals surface area (Å²) in [5.74, 6) is -0.0332. The molecule has 0 radical (unpaired) electrons. The lowest BCUT2D eigenvalue weighted by Crippen LogP contribution is -2.41. The van der Waals surface area contributed by atoms with Gasteiger partial charge in [-0.15, -0.1) is 0 Å². The van der Waals surface area contributed by atoms with E-state index >= 15 is 0 Å². The average molecular weight is 781 g/mol. The predicted molar refractivity (Wildman–Crippen MR) is 237 cm³/mol. The Kier molecular flexibility index (Phi) is 14.6. The minimum Gasteiger partial charge on any atom is -0.353 e. The lowest BCUT2D eigenvalue weighted by molar-refractivity contribution is -0.119. The van der Waals surface area contributed by atoms with Crippen LogP contribution in [-0.4, -0.2) is 56.3 Å². The SMILES string of the molecule is O=C(C[P+](c1ccccc1)(c1ccccc1)c1ccccc1)NCCCNC(=O)NCCCNC(=O)C[P+](c1ccccc1)(c1ccccc1)c1ccccc1. The second-order valence-corrected chi connectivity index (χ2v) is 20.5. The smallest absolute Gasteiger partial charge is 0.314 e. The molecule has 0 heterocycles. The fourth-order valence-electron chi connectivity index (χ4n) is 7.18. The molecule has 0 atom stereocenters. The predicted octanol–water partition coefficient (Wildman–Crippen LogP) is 5.29. The highest BCUT2D eigenvalue weighted by molar-refractivity contribution is 7.96. The van der Waals surface area contributed by atoms with Crippen LogP contribution in [0.2, 0.25) is 0 Å². The second-order valence-electron chi connectivity index (χ2n) is 13.5. The van der Waals surface area contributed by atoms with Gasteiger partial charge < -0.3 is 21.3 Å².